The molecule has 0 bridgehead atoms. The van der Waals surface area contributed by atoms with Crippen molar-refractivity contribution in [2.75, 3.05) is 11.5 Å². The topological polar surface area (TPSA) is 29.1 Å². The maximum Gasteiger partial charge on any atom is 0.219 e. The second kappa shape index (κ2) is 4.65. The molecule has 1 fully saturated rings. The van der Waals surface area contributed by atoms with Gasteiger partial charge in [-0.2, -0.15) is 11.8 Å². The van der Waals surface area contributed by atoms with Gasteiger partial charge in [-0.05, 0) is 18.6 Å². The Bertz CT molecular complexity index is 132. The van der Waals surface area contributed by atoms with E-state index in [0.717, 1.165) is 5.75 Å². The van der Waals surface area contributed by atoms with Crippen molar-refractivity contribution in [3.63, 3.8) is 0 Å². The highest BCUT2D eigenvalue weighted by molar-refractivity contribution is 7.99. The van der Waals surface area contributed by atoms with Gasteiger partial charge in [0, 0.05) is 18.2 Å². The molecule has 1 aliphatic rings. The third kappa shape index (κ3) is 3.14. The molecule has 1 unspecified atom stereocenters. The lowest BCUT2D eigenvalue weighted by molar-refractivity contribution is -0.121. The van der Waals surface area contributed by atoms with Crippen LogP contribution in [0.4, 0.5) is 0 Å². The van der Waals surface area contributed by atoms with E-state index in [1.54, 1.807) is 0 Å². The summed E-state index contributed by atoms with van der Waals surface area (Å²) < 4.78 is 0. The van der Waals surface area contributed by atoms with Gasteiger partial charge < -0.3 is 5.32 Å². The monoisotopic (exact) mass is 173 g/mol. The van der Waals surface area contributed by atoms with Crippen molar-refractivity contribution in [1.82, 2.24) is 5.32 Å². The summed E-state index contributed by atoms with van der Waals surface area (Å²) in [4.78, 5) is 11.0. The molecule has 64 valence electrons. The normalized spacial score (nSPS) is 24.6. The summed E-state index contributed by atoms with van der Waals surface area (Å²) in [6.45, 7) is 1.89. The molecule has 11 heavy (non-hydrogen) atoms. The van der Waals surface area contributed by atoms with Crippen molar-refractivity contribution in [3.8, 4) is 0 Å². The maximum absolute atomic E-state index is 11.0. The standard InChI is InChI=1S/C8H15NOS/c1-2-8(10)9-7-4-3-5-11-6-7/h7H,2-6H2,1H3,(H,9,10). The first kappa shape index (κ1) is 8.91. The van der Waals surface area contributed by atoms with Crippen LogP contribution >= 0.6 is 11.8 Å². The van der Waals surface area contributed by atoms with Crippen molar-refractivity contribution in [2.45, 2.75) is 32.2 Å². The minimum atomic E-state index is 0.192. The molecular formula is C8H15NOS. The fourth-order valence-corrected chi connectivity index (χ4v) is 2.26. The van der Waals surface area contributed by atoms with Crippen LogP contribution < -0.4 is 5.32 Å². The van der Waals surface area contributed by atoms with Crippen molar-refractivity contribution in [1.29, 1.82) is 0 Å². The van der Waals surface area contributed by atoms with Crippen molar-refractivity contribution < 1.29 is 4.79 Å². The van der Waals surface area contributed by atoms with E-state index in [0.29, 0.717) is 12.5 Å². The van der Waals surface area contributed by atoms with Crippen molar-refractivity contribution in [2.24, 2.45) is 0 Å². The van der Waals surface area contributed by atoms with Crippen molar-refractivity contribution >= 4 is 17.7 Å². The number of hydrogen-bond acceptors (Lipinski definition) is 2. The SMILES string of the molecule is CCC(=O)NC1CCCSC1. The van der Waals surface area contributed by atoms with E-state index >= 15 is 0 Å². The number of rotatable bonds is 2. The smallest absolute Gasteiger partial charge is 0.219 e. The Morgan fingerprint density at radius 2 is 2.55 bits per heavy atom. The third-order valence-corrected chi connectivity index (χ3v) is 3.06. The molecule has 1 atom stereocenters. The van der Waals surface area contributed by atoms with Crippen LogP contribution in [0.15, 0.2) is 0 Å². The molecule has 0 aliphatic carbocycles. The second-order valence-electron chi connectivity index (χ2n) is 2.84. The molecule has 1 saturated heterocycles. The zero-order valence-corrected chi connectivity index (χ0v) is 7.75. The Morgan fingerprint density at radius 3 is 3.09 bits per heavy atom. The highest BCUT2D eigenvalue weighted by Crippen LogP contribution is 2.16. The molecule has 3 heteroatoms. The molecule has 1 amide bonds. The summed E-state index contributed by atoms with van der Waals surface area (Å²) >= 11 is 1.94. The summed E-state index contributed by atoms with van der Waals surface area (Å²) in [6.07, 6.45) is 3.03. The van der Waals surface area contributed by atoms with Gasteiger partial charge in [-0.3, -0.25) is 4.79 Å². The lowest BCUT2D eigenvalue weighted by Gasteiger charge is -2.21. The van der Waals surface area contributed by atoms with Gasteiger partial charge in [0.15, 0.2) is 0 Å². The number of thioether (sulfide) groups is 1. The fourth-order valence-electron chi connectivity index (χ4n) is 1.18. The molecule has 1 N–H and O–H groups in total. The van der Waals surface area contributed by atoms with Crippen LogP contribution in [-0.4, -0.2) is 23.5 Å². The van der Waals surface area contributed by atoms with E-state index in [2.05, 4.69) is 5.32 Å². The molecule has 2 nitrogen and oxygen atoms in total. The number of amides is 1. The summed E-state index contributed by atoms with van der Waals surface area (Å²) in [6, 6.07) is 0.446. The number of nitrogens with one attached hydrogen (secondary N) is 1. The van der Waals surface area contributed by atoms with Gasteiger partial charge in [-0.1, -0.05) is 6.92 Å². The predicted molar refractivity (Wildman–Crippen MR) is 48.8 cm³/mol. The molecule has 0 aromatic carbocycles. The third-order valence-electron chi connectivity index (χ3n) is 1.85. The Morgan fingerprint density at radius 1 is 1.73 bits per heavy atom. The molecule has 1 rings (SSSR count). The minimum Gasteiger partial charge on any atom is -0.353 e. The molecule has 0 radical (unpaired) electrons. The molecular weight excluding hydrogens is 158 g/mol. The summed E-state index contributed by atoms with van der Waals surface area (Å²) in [7, 11) is 0. The molecule has 1 aliphatic heterocycles. The van der Waals surface area contributed by atoms with Crippen LogP contribution in [0.5, 0.6) is 0 Å². The Labute approximate surface area is 72.1 Å². The first-order valence-electron chi connectivity index (χ1n) is 4.20. The second-order valence-corrected chi connectivity index (χ2v) is 3.98. The quantitative estimate of drug-likeness (QED) is 0.684. The van der Waals surface area contributed by atoms with Gasteiger partial charge in [-0.25, -0.2) is 0 Å². The van der Waals surface area contributed by atoms with E-state index in [4.69, 9.17) is 0 Å². The number of hydrogen-bond donors (Lipinski definition) is 1. The Kier molecular flexibility index (Phi) is 3.77. The average Bonchev–Trinajstić information content (AvgIpc) is 2.06. The van der Waals surface area contributed by atoms with Gasteiger partial charge >= 0.3 is 0 Å². The van der Waals surface area contributed by atoms with Crippen LogP contribution in [0, 0.1) is 0 Å². The lowest BCUT2D eigenvalue weighted by Crippen LogP contribution is -2.37. The Balaban J connectivity index is 2.19. The van der Waals surface area contributed by atoms with E-state index in [9.17, 15) is 4.79 Å². The zero-order valence-electron chi connectivity index (χ0n) is 6.93. The largest absolute Gasteiger partial charge is 0.353 e. The first-order chi connectivity index (χ1) is 5.33. The molecule has 0 aromatic heterocycles. The summed E-state index contributed by atoms with van der Waals surface area (Å²) in [5.74, 6) is 2.56. The zero-order chi connectivity index (χ0) is 8.10. The van der Waals surface area contributed by atoms with Crippen LogP contribution in [0.2, 0.25) is 0 Å². The number of carbonyl (C=O) groups excluding carboxylic acids is 1. The van der Waals surface area contributed by atoms with Gasteiger partial charge in [0.1, 0.15) is 0 Å². The van der Waals surface area contributed by atoms with Crippen LogP contribution in [0.1, 0.15) is 26.2 Å². The van der Waals surface area contributed by atoms with Gasteiger partial charge in [0.2, 0.25) is 5.91 Å². The predicted octanol–water partition coefficient (Wildman–Crippen LogP) is 1.41. The highest BCUT2D eigenvalue weighted by atomic mass is 32.2. The molecule has 0 saturated carbocycles. The highest BCUT2D eigenvalue weighted by Gasteiger charge is 2.14. The maximum atomic E-state index is 11.0. The van der Waals surface area contributed by atoms with Crippen LogP contribution in [0.25, 0.3) is 0 Å². The Hall–Kier alpha value is -0.180. The molecule has 0 spiro atoms. The summed E-state index contributed by atoms with van der Waals surface area (Å²) in [5, 5.41) is 3.01. The molecule has 1 heterocycles. The van der Waals surface area contributed by atoms with E-state index < -0.39 is 0 Å². The van der Waals surface area contributed by atoms with E-state index in [-0.39, 0.29) is 5.91 Å². The average molecular weight is 173 g/mol. The fraction of sp³-hybridized carbons (Fsp3) is 0.875. The summed E-state index contributed by atoms with van der Waals surface area (Å²) in [5.41, 5.74) is 0. The van der Waals surface area contributed by atoms with Gasteiger partial charge in [0.25, 0.3) is 0 Å². The first-order valence-corrected chi connectivity index (χ1v) is 5.35. The van der Waals surface area contributed by atoms with Crippen molar-refractivity contribution in [3.05, 3.63) is 0 Å². The van der Waals surface area contributed by atoms with E-state index in [1.807, 2.05) is 18.7 Å². The van der Waals surface area contributed by atoms with Gasteiger partial charge in [-0.15, -0.1) is 0 Å². The number of carbonyl (C=O) groups is 1. The lowest BCUT2D eigenvalue weighted by atomic mass is 10.2. The van der Waals surface area contributed by atoms with Crippen LogP contribution in [0.3, 0.4) is 0 Å². The van der Waals surface area contributed by atoms with E-state index in [1.165, 1.54) is 18.6 Å². The van der Waals surface area contributed by atoms with Crippen LogP contribution in [-0.2, 0) is 4.79 Å². The van der Waals surface area contributed by atoms with Gasteiger partial charge in [0.05, 0.1) is 0 Å². The molecule has 0 aromatic rings. The minimum absolute atomic E-state index is 0.192.